The molecule has 4 unspecified atom stereocenters. The summed E-state index contributed by atoms with van der Waals surface area (Å²) in [5, 5.41) is 33.8. The van der Waals surface area contributed by atoms with Gasteiger partial charge in [0.05, 0.1) is 26.4 Å². The molecular weight excluding hydrogens is 492 g/mol. The Morgan fingerprint density at radius 3 is 1.22 bits per heavy atom. The van der Waals surface area contributed by atoms with Crippen molar-refractivity contribution in [3.8, 4) is 0 Å². The molecule has 0 amide bonds. The Bertz CT molecular complexity index is 446. The van der Waals surface area contributed by atoms with Crippen molar-refractivity contribution in [3.05, 3.63) is 0 Å². The van der Waals surface area contributed by atoms with Crippen molar-refractivity contribution in [2.24, 2.45) is 0 Å². The fraction of sp³-hybridized carbons (Fsp3) is 0.920. The quantitative estimate of drug-likeness (QED) is 0.116. The van der Waals surface area contributed by atoms with E-state index in [0.717, 1.165) is 38.9 Å². The SMILES string of the molecule is CCCCOCCOC(C)OC(C)O.CCCCOCCOC(C)OC(C)O.O=C(O)CCCC(=O)O. The highest BCUT2D eigenvalue weighted by atomic mass is 16.7. The molecule has 12 heteroatoms. The van der Waals surface area contributed by atoms with Gasteiger partial charge in [0.2, 0.25) is 0 Å². The molecule has 0 aliphatic rings. The van der Waals surface area contributed by atoms with Gasteiger partial charge in [-0.05, 0) is 47.0 Å². The minimum absolute atomic E-state index is 0.0632. The minimum atomic E-state index is -0.948. The van der Waals surface area contributed by atoms with Crippen LogP contribution < -0.4 is 0 Å². The molecule has 0 aliphatic heterocycles. The molecule has 0 saturated heterocycles. The van der Waals surface area contributed by atoms with Crippen molar-refractivity contribution >= 4 is 11.9 Å². The van der Waals surface area contributed by atoms with E-state index < -0.39 is 24.5 Å². The summed E-state index contributed by atoms with van der Waals surface area (Å²) in [6, 6.07) is 0. The van der Waals surface area contributed by atoms with E-state index in [9.17, 15) is 9.59 Å². The summed E-state index contributed by atoms with van der Waals surface area (Å²) in [6.45, 7) is 14.6. The third-order valence-corrected chi connectivity index (χ3v) is 4.00. The van der Waals surface area contributed by atoms with Crippen LogP contribution in [0.2, 0.25) is 0 Å². The average molecular weight is 545 g/mol. The van der Waals surface area contributed by atoms with Crippen molar-refractivity contribution in [2.75, 3.05) is 39.6 Å². The standard InChI is InChI=1S/2C10H22O4.C5H8O4/c2*1-4-5-6-12-7-8-13-10(3)14-9(2)11;6-4(7)2-1-3-5(8)9/h2*9-11H,4-8H2,1-3H3;1-3H2,(H,6,7)(H,8,9). The lowest BCUT2D eigenvalue weighted by molar-refractivity contribution is -0.217. The smallest absolute Gasteiger partial charge is 0.303 e. The Labute approximate surface area is 222 Å². The number of aliphatic hydroxyl groups excluding tert-OH is 2. The van der Waals surface area contributed by atoms with Gasteiger partial charge in [0.1, 0.15) is 0 Å². The van der Waals surface area contributed by atoms with Crippen LogP contribution in [0.15, 0.2) is 0 Å². The summed E-state index contributed by atoms with van der Waals surface area (Å²) in [5.41, 5.74) is 0. The number of carboxylic acids is 2. The third-order valence-electron chi connectivity index (χ3n) is 4.00. The summed E-state index contributed by atoms with van der Waals surface area (Å²) in [6.07, 6.45) is 2.19. The van der Waals surface area contributed by atoms with Crippen LogP contribution in [0.4, 0.5) is 0 Å². The zero-order valence-electron chi connectivity index (χ0n) is 23.6. The number of carbonyl (C=O) groups is 2. The number of rotatable bonds is 22. The van der Waals surface area contributed by atoms with Gasteiger partial charge in [-0.1, -0.05) is 26.7 Å². The van der Waals surface area contributed by atoms with Crippen LogP contribution in [-0.4, -0.2) is 97.2 Å². The van der Waals surface area contributed by atoms with Crippen LogP contribution in [0.25, 0.3) is 0 Å². The van der Waals surface area contributed by atoms with Crippen molar-refractivity contribution in [2.45, 2.75) is 112 Å². The first kappa shape index (κ1) is 40.1. The molecular formula is C25H52O12. The molecule has 0 aromatic heterocycles. The van der Waals surface area contributed by atoms with E-state index in [1.54, 1.807) is 27.7 Å². The van der Waals surface area contributed by atoms with E-state index >= 15 is 0 Å². The maximum absolute atomic E-state index is 9.79. The number of carboxylic acid groups (broad SMARTS) is 2. The van der Waals surface area contributed by atoms with E-state index in [2.05, 4.69) is 13.8 Å². The number of ether oxygens (including phenoxy) is 6. The van der Waals surface area contributed by atoms with E-state index in [4.69, 9.17) is 48.8 Å². The Balaban J connectivity index is -0.000000481. The topological polar surface area (TPSA) is 170 Å². The van der Waals surface area contributed by atoms with Crippen LogP contribution in [0.3, 0.4) is 0 Å². The minimum Gasteiger partial charge on any atom is -0.481 e. The maximum atomic E-state index is 9.79. The Hall–Kier alpha value is -1.38. The van der Waals surface area contributed by atoms with Gasteiger partial charge in [-0.3, -0.25) is 9.59 Å². The molecule has 0 saturated carbocycles. The van der Waals surface area contributed by atoms with Crippen LogP contribution in [0.1, 0.15) is 86.5 Å². The van der Waals surface area contributed by atoms with Gasteiger partial charge in [-0.2, -0.15) is 0 Å². The molecule has 0 aromatic carbocycles. The van der Waals surface area contributed by atoms with Crippen molar-refractivity contribution < 1.29 is 58.4 Å². The molecule has 0 heterocycles. The number of aliphatic hydroxyl groups is 2. The molecule has 0 spiro atoms. The first-order valence-electron chi connectivity index (χ1n) is 12.9. The number of unbranched alkanes of at least 4 members (excludes halogenated alkanes) is 2. The summed E-state index contributed by atoms with van der Waals surface area (Å²) in [5.74, 6) is -1.90. The molecule has 0 bridgehead atoms. The summed E-state index contributed by atoms with van der Waals surface area (Å²) in [4.78, 5) is 19.6. The predicted octanol–water partition coefficient (Wildman–Crippen LogP) is 3.37. The molecule has 224 valence electrons. The van der Waals surface area contributed by atoms with Crippen LogP contribution in [0.5, 0.6) is 0 Å². The summed E-state index contributed by atoms with van der Waals surface area (Å²) < 4.78 is 30.9. The van der Waals surface area contributed by atoms with E-state index in [0.29, 0.717) is 26.4 Å². The highest BCUT2D eigenvalue weighted by Gasteiger charge is 2.05. The average Bonchev–Trinajstić information content (AvgIpc) is 2.78. The lowest BCUT2D eigenvalue weighted by atomic mass is 10.2. The molecule has 0 fully saturated rings. The second-order valence-corrected chi connectivity index (χ2v) is 7.92. The lowest BCUT2D eigenvalue weighted by Crippen LogP contribution is -2.21. The Morgan fingerprint density at radius 2 is 0.946 bits per heavy atom. The molecule has 0 aliphatic carbocycles. The van der Waals surface area contributed by atoms with Gasteiger partial charge in [-0.25, -0.2) is 0 Å². The Kier molecular flexibility index (Phi) is 33.4. The first-order chi connectivity index (χ1) is 17.5. The number of hydrogen-bond donors (Lipinski definition) is 4. The van der Waals surface area contributed by atoms with E-state index in [1.807, 2.05) is 0 Å². The largest absolute Gasteiger partial charge is 0.481 e. The van der Waals surface area contributed by atoms with Crippen molar-refractivity contribution in [1.82, 2.24) is 0 Å². The molecule has 37 heavy (non-hydrogen) atoms. The van der Waals surface area contributed by atoms with Crippen LogP contribution >= 0.6 is 0 Å². The zero-order valence-corrected chi connectivity index (χ0v) is 23.6. The normalized spacial score (nSPS) is 13.8. The summed E-state index contributed by atoms with van der Waals surface area (Å²) in [7, 11) is 0. The molecule has 4 atom stereocenters. The van der Waals surface area contributed by atoms with Gasteiger partial charge >= 0.3 is 11.9 Å². The highest BCUT2D eigenvalue weighted by Crippen LogP contribution is 1.98. The predicted molar refractivity (Wildman–Crippen MR) is 137 cm³/mol. The van der Waals surface area contributed by atoms with Crippen LogP contribution in [0, 0.1) is 0 Å². The monoisotopic (exact) mass is 544 g/mol. The fourth-order valence-electron chi connectivity index (χ4n) is 2.27. The number of aliphatic carboxylic acids is 2. The van der Waals surface area contributed by atoms with Gasteiger partial charge in [0.15, 0.2) is 25.2 Å². The van der Waals surface area contributed by atoms with E-state index in [1.165, 1.54) is 0 Å². The molecule has 0 rings (SSSR count). The Morgan fingerprint density at radius 1 is 0.595 bits per heavy atom. The second kappa shape index (κ2) is 30.8. The molecule has 0 radical (unpaired) electrons. The molecule has 0 aromatic rings. The molecule has 4 N–H and O–H groups in total. The maximum Gasteiger partial charge on any atom is 0.303 e. The molecule has 12 nitrogen and oxygen atoms in total. The first-order valence-corrected chi connectivity index (χ1v) is 12.9. The third kappa shape index (κ3) is 45.0. The fourth-order valence-corrected chi connectivity index (χ4v) is 2.27. The van der Waals surface area contributed by atoms with Crippen molar-refractivity contribution in [1.29, 1.82) is 0 Å². The van der Waals surface area contributed by atoms with Gasteiger partial charge in [-0.15, -0.1) is 0 Å². The zero-order chi connectivity index (χ0) is 28.9. The summed E-state index contributed by atoms with van der Waals surface area (Å²) >= 11 is 0. The van der Waals surface area contributed by atoms with Crippen LogP contribution in [-0.2, 0) is 38.0 Å². The highest BCUT2D eigenvalue weighted by molar-refractivity contribution is 5.69. The van der Waals surface area contributed by atoms with Gasteiger partial charge in [0.25, 0.3) is 0 Å². The lowest BCUT2D eigenvalue weighted by Gasteiger charge is -2.15. The second-order valence-electron chi connectivity index (χ2n) is 7.92. The van der Waals surface area contributed by atoms with Crippen molar-refractivity contribution in [3.63, 3.8) is 0 Å². The van der Waals surface area contributed by atoms with E-state index in [-0.39, 0.29) is 31.8 Å². The van der Waals surface area contributed by atoms with Gasteiger partial charge < -0.3 is 48.8 Å². The van der Waals surface area contributed by atoms with Gasteiger partial charge in [0, 0.05) is 26.1 Å². The number of hydrogen-bond acceptors (Lipinski definition) is 10.